The lowest BCUT2D eigenvalue weighted by atomic mass is 9.95. The minimum atomic E-state index is -5.25. The Morgan fingerprint density at radius 2 is 1.64 bits per heavy atom. The third kappa shape index (κ3) is 8.14. The van der Waals surface area contributed by atoms with Gasteiger partial charge in [-0.1, -0.05) is 23.2 Å². The molecule has 2 saturated heterocycles. The Morgan fingerprint density at radius 1 is 1.00 bits per heavy atom. The number of nitrogens with one attached hydrogen (secondary N) is 1. The summed E-state index contributed by atoms with van der Waals surface area (Å²) in [4.78, 5) is 4.66. The van der Waals surface area contributed by atoms with Crippen molar-refractivity contribution < 1.29 is 26.3 Å². The molecule has 2 fully saturated rings. The molecule has 2 aliphatic rings. The number of hydrogen-bond acceptors (Lipinski definition) is 5. The van der Waals surface area contributed by atoms with E-state index in [1.165, 1.54) is 0 Å². The normalized spacial score (nSPS) is 20.3. The molecule has 0 aromatic heterocycles. The van der Waals surface area contributed by atoms with Crippen LogP contribution in [0.5, 0.6) is 5.75 Å². The SMILES string of the molecule is O=S(=O)(NCCCN1CCC(CN2CCC(Oc3ccc(Cl)c(Cl)c3)CC2)CC1)C(F)(F)F. The number of alkyl halides is 3. The zero-order chi connectivity index (χ0) is 24.1. The van der Waals surface area contributed by atoms with E-state index in [0.29, 0.717) is 28.9 Å². The Labute approximate surface area is 203 Å². The van der Waals surface area contributed by atoms with Crippen LogP contribution < -0.4 is 9.46 Å². The molecule has 12 heteroatoms. The Kier molecular flexibility index (Phi) is 9.56. The van der Waals surface area contributed by atoms with Crippen LogP contribution in [-0.2, 0) is 10.0 Å². The molecule has 6 nitrogen and oxygen atoms in total. The Morgan fingerprint density at radius 3 is 2.24 bits per heavy atom. The van der Waals surface area contributed by atoms with Crippen molar-refractivity contribution in [2.24, 2.45) is 5.92 Å². The Hall–Kier alpha value is -0.780. The minimum absolute atomic E-state index is 0.162. The summed E-state index contributed by atoms with van der Waals surface area (Å²) in [6.07, 6.45) is 4.49. The second kappa shape index (κ2) is 11.8. The number of rotatable bonds is 9. The highest BCUT2D eigenvalue weighted by Gasteiger charge is 2.45. The van der Waals surface area contributed by atoms with Crippen molar-refractivity contribution in [2.75, 3.05) is 45.8 Å². The van der Waals surface area contributed by atoms with Gasteiger partial charge in [0.05, 0.1) is 10.0 Å². The number of hydrogen-bond donors (Lipinski definition) is 1. The van der Waals surface area contributed by atoms with Gasteiger partial charge < -0.3 is 14.5 Å². The van der Waals surface area contributed by atoms with Crippen LogP contribution in [0.15, 0.2) is 18.2 Å². The second-order valence-corrected chi connectivity index (χ2v) is 11.2. The van der Waals surface area contributed by atoms with Gasteiger partial charge in [0.25, 0.3) is 0 Å². The summed E-state index contributed by atoms with van der Waals surface area (Å²) in [5.74, 6) is 1.33. The van der Waals surface area contributed by atoms with Gasteiger partial charge in [0.15, 0.2) is 0 Å². The van der Waals surface area contributed by atoms with Crippen LogP contribution in [0.4, 0.5) is 13.2 Å². The van der Waals surface area contributed by atoms with Crippen molar-refractivity contribution in [1.29, 1.82) is 0 Å². The fourth-order valence-electron chi connectivity index (χ4n) is 4.30. The van der Waals surface area contributed by atoms with Gasteiger partial charge in [-0.2, -0.15) is 13.2 Å². The lowest BCUT2D eigenvalue weighted by Crippen LogP contribution is -2.44. The van der Waals surface area contributed by atoms with Gasteiger partial charge in [0.1, 0.15) is 11.9 Å². The maximum Gasteiger partial charge on any atom is 0.511 e. The van der Waals surface area contributed by atoms with Crippen molar-refractivity contribution in [3.05, 3.63) is 28.2 Å². The lowest BCUT2D eigenvalue weighted by Gasteiger charge is -2.37. The van der Waals surface area contributed by atoms with Crippen LogP contribution in [0, 0.1) is 5.92 Å². The second-order valence-electron chi connectivity index (χ2n) is 8.68. The van der Waals surface area contributed by atoms with Gasteiger partial charge in [-0.3, -0.25) is 0 Å². The quantitative estimate of drug-likeness (QED) is 0.479. The maximum absolute atomic E-state index is 12.3. The number of halogens is 5. The fourth-order valence-corrected chi connectivity index (χ4v) is 5.17. The number of benzene rings is 1. The summed E-state index contributed by atoms with van der Waals surface area (Å²) >= 11 is 12.0. The summed E-state index contributed by atoms with van der Waals surface area (Å²) in [6.45, 7) is 5.14. The summed E-state index contributed by atoms with van der Waals surface area (Å²) in [5.41, 5.74) is -5.25. The molecule has 0 bridgehead atoms. The molecule has 3 rings (SSSR count). The molecule has 1 N–H and O–H groups in total. The molecule has 0 spiro atoms. The average Bonchev–Trinajstić information content (AvgIpc) is 2.75. The molecule has 0 amide bonds. The van der Waals surface area contributed by atoms with Gasteiger partial charge >= 0.3 is 15.5 Å². The van der Waals surface area contributed by atoms with Crippen molar-refractivity contribution in [2.45, 2.75) is 43.7 Å². The van der Waals surface area contributed by atoms with Crippen LogP contribution in [0.25, 0.3) is 0 Å². The van der Waals surface area contributed by atoms with Gasteiger partial charge in [-0.15, -0.1) is 0 Å². The van der Waals surface area contributed by atoms with E-state index in [9.17, 15) is 21.6 Å². The van der Waals surface area contributed by atoms with Gasteiger partial charge in [-0.05, 0) is 69.8 Å². The third-order valence-corrected chi connectivity index (χ3v) is 8.13. The first-order valence-electron chi connectivity index (χ1n) is 11.2. The summed E-state index contributed by atoms with van der Waals surface area (Å²) in [5, 5.41) is 0.997. The monoisotopic (exact) mass is 531 g/mol. The highest BCUT2D eigenvalue weighted by Crippen LogP contribution is 2.29. The van der Waals surface area contributed by atoms with E-state index in [4.69, 9.17) is 27.9 Å². The summed E-state index contributed by atoms with van der Waals surface area (Å²) in [6, 6.07) is 5.32. The molecule has 0 unspecified atom stereocenters. The van der Waals surface area contributed by atoms with Crippen LogP contribution >= 0.6 is 23.2 Å². The largest absolute Gasteiger partial charge is 0.511 e. The fraction of sp³-hybridized carbons (Fsp3) is 0.714. The molecule has 1 aromatic carbocycles. The van der Waals surface area contributed by atoms with Gasteiger partial charge in [0.2, 0.25) is 0 Å². The first-order valence-corrected chi connectivity index (χ1v) is 13.4. The lowest BCUT2D eigenvalue weighted by molar-refractivity contribution is -0.0447. The van der Waals surface area contributed by atoms with Crippen molar-refractivity contribution in [3.63, 3.8) is 0 Å². The number of ether oxygens (including phenoxy) is 1. The molecular formula is C21H30Cl2F3N3O3S. The van der Waals surface area contributed by atoms with E-state index in [0.717, 1.165) is 64.2 Å². The standard InChI is InChI=1S/C21H30Cl2F3N3O3S/c22-19-3-2-18(14-20(19)23)32-17-6-12-29(13-7-17)15-16-4-10-28(11-5-16)9-1-8-27-33(30,31)21(24,25)26/h2-3,14,16-17,27H,1,4-13,15H2. The first-order chi connectivity index (χ1) is 15.5. The van der Waals surface area contributed by atoms with E-state index in [2.05, 4.69) is 9.80 Å². The van der Waals surface area contributed by atoms with E-state index in [1.807, 2.05) is 6.07 Å². The average molecular weight is 532 g/mol. The maximum atomic E-state index is 12.3. The molecule has 0 atom stereocenters. The van der Waals surface area contributed by atoms with Crippen LogP contribution in [-0.4, -0.2) is 75.6 Å². The van der Waals surface area contributed by atoms with Crippen molar-refractivity contribution >= 4 is 33.2 Å². The van der Waals surface area contributed by atoms with E-state index in [1.54, 1.807) is 16.9 Å². The van der Waals surface area contributed by atoms with Crippen molar-refractivity contribution in [3.8, 4) is 5.75 Å². The molecule has 0 saturated carbocycles. The predicted octanol–water partition coefficient (Wildman–Crippen LogP) is 4.38. The number of likely N-dealkylation sites (tertiary alicyclic amines) is 2. The topological polar surface area (TPSA) is 61.9 Å². The molecule has 0 aliphatic carbocycles. The molecular weight excluding hydrogens is 502 g/mol. The molecule has 33 heavy (non-hydrogen) atoms. The number of nitrogens with zero attached hydrogens (tertiary/aromatic N) is 2. The highest BCUT2D eigenvalue weighted by atomic mass is 35.5. The zero-order valence-electron chi connectivity index (χ0n) is 18.3. The van der Waals surface area contributed by atoms with Crippen LogP contribution in [0.2, 0.25) is 10.0 Å². The van der Waals surface area contributed by atoms with E-state index in [-0.39, 0.29) is 12.6 Å². The van der Waals surface area contributed by atoms with Gasteiger partial charge in [-0.25, -0.2) is 13.1 Å². The molecule has 1 aromatic rings. The third-order valence-electron chi connectivity index (χ3n) is 6.20. The Balaban J connectivity index is 1.29. The summed E-state index contributed by atoms with van der Waals surface area (Å²) in [7, 11) is -5.25. The number of piperidine rings is 2. The van der Waals surface area contributed by atoms with Crippen LogP contribution in [0.1, 0.15) is 32.1 Å². The predicted molar refractivity (Wildman–Crippen MR) is 123 cm³/mol. The zero-order valence-corrected chi connectivity index (χ0v) is 20.6. The molecule has 188 valence electrons. The van der Waals surface area contributed by atoms with E-state index >= 15 is 0 Å². The number of sulfonamides is 1. The Bertz CT molecular complexity index is 873. The van der Waals surface area contributed by atoms with Crippen molar-refractivity contribution in [1.82, 2.24) is 14.5 Å². The highest BCUT2D eigenvalue weighted by molar-refractivity contribution is 7.90. The smallest absolute Gasteiger partial charge is 0.490 e. The molecule has 0 radical (unpaired) electrons. The van der Waals surface area contributed by atoms with Crippen LogP contribution in [0.3, 0.4) is 0 Å². The molecule has 2 aliphatic heterocycles. The van der Waals surface area contributed by atoms with Gasteiger partial charge in [0, 0.05) is 32.2 Å². The first kappa shape index (κ1) is 26.8. The summed E-state index contributed by atoms with van der Waals surface area (Å²) < 4.78 is 66.6. The molecule has 2 heterocycles. The minimum Gasteiger partial charge on any atom is -0.490 e. The van der Waals surface area contributed by atoms with E-state index < -0.39 is 15.5 Å².